The van der Waals surface area contributed by atoms with Crippen molar-refractivity contribution in [1.82, 2.24) is 0 Å². The minimum atomic E-state index is -0.420. The van der Waals surface area contributed by atoms with Crippen LogP contribution in [0, 0.1) is 15.9 Å². The number of nitrogens with one attached hydrogen (secondary N) is 1. The first kappa shape index (κ1) is 11.5. The minimum absolute atomic E-state index is 0.112. The molecule has 0 saturated heterocycles. The first-order chi connectivity index (χ1) is 8.15. The molecular weight excluding hydrogens is 243 g/mol. The lowest BCUT2D eigenvalue weighted by atomic mass is 10.3. The first-order valence-electron chi connectivity index (χ1n) is 4.86. The van der Waals surface area contributed by atoms with Gasteiger partial charge in [0, 0.05) is 23.7 Å². The Morgan fingerprint density at radius 2 is 2.24 bits per heavy atom. The van der Waals surface area contributed by atoms with Crippen molar-refractivity contribution in [2.24, 2.45) is 0 Å². The molecule has 2 rings (SSSR count). The fourth-order valence-corrected chi connectivity index (χ4v) is 2.08. The fourth-order valence-electron chi connectivity index (χ4n) is 1.35. The molecule has 4 nitrogen and oxygen atoms in total. The van der Waals surface area contributed by atoms with Crippen LogP contribution in [0.2, 0.25) is 0 Å². The van der Waals surface area contributed by atoms with Gasteiger partial charge in [-0.3, -0.25) is 10.1 Å². The third-order valence-electron chi connectivity index (χ3n) is 2.14. The van der Waals surface area contributed by atoms with E-state index in [0.29, 0.717) is 12.2 Å². The number of hydrogen-bond donors (Lipinski definition) is 1. The Morgan fingerprint density at radius 3 is 2.88 bits per heavy atom. The molecule has 6 heteroatoms. The van der Waals surface area contributed by atoms with Gasteiger partial charge in [0.05, 0.1) is 4.92 Å². The Labute approximate surface area is 101 Å². The van der Waals surface area contributed by atoms with Crippen LogP contribution >= 0.6 is 11.3 Å². The zero-order valence-electron chi connectivity index (χ0n) is 8.72. The zero-order valence-corrected chi connectivity index (χ0v) is 9.54. The number of halogens is 1. The quantitative estimate of drug-likeness (QED) is 0.670. The monoisotopic (exact) mass is 252 g/mol. The van der Waals surface area contributed by atoms with Crippen LogP contribution in [0.25, 0.3) is 0 Å². The molecule has 88 valence electrons. The number of rotatable bonds is 4. The van der Waals surface area contributed by atoms with Gasteiger partial charge in [-0.05, 0) is 23.8 Å². The molecule has 0 aliphatic rings. The average Bonchev–Trinajstić information content (AvgIpc) is 2.75. The molecule has 17 heavy (non-hydrogen) atoms. The predicted octanol–water partition coefficient (Wildman–Crippen LogP) is 3.41. The number of hydrogen-bond acceptors (Lipinski definition) is 4. The van der Waals surface area contributed by atoms with Gasteiger partial charge in [0.15, 0.2) is 0 Å². The number of anilines is 1. The van der Waals surface area contributed by atoms with Crippen LogP contribution in [0.3, 0.4) is 0 Å². The number of thiophene rings is 1. The molecule has 1 heterocycles. The van der Waals surface area contributed by atoms with Gasteiger partial charge in [0.25, 0.3) is 0 Å². The number of nitrogens with zero attached hydrogens (tertiary/aromatic N) is 1. The largest absolute Gasteiger partial charge is 0.381 e. The van der Waals surface area contributed by atoms with Crippen LogP contribution in [0.15, 0.2) is 35.7 Å². The molecule has 0 amide bonds. The summed E-state index contributed by atoms with van der Waals surface area (Å²) in [5.41, 5.74) is 1.46. The second-order valence-corrected chi connectivity index (χ2v) is 4.30. The van der Waals surface area contributed by atoms with Crippen molar-refractivity contribution in [3.63, 3.8) is 0 Å². The summed E-state index contributed by atoms with van der Waals surface area (Å²) in [7, 11) is 0. The highest BCUT2D eigenvalue weighted by Crippen LogP contribution is 2.23. The topological polar surface area (TPSA) is 55.2 Å². The van der Waals surface area contributed by atoms with Crippen LogP contribution in [-0.2, 0) is 6.54 Å². The molecule has 2 aromatic rings. The van der Waals surface area contributed by atoms with Crippen LogP contribution in [0.5, 0.6) is 0 Å². The summed E-state index contributed by atoms with van der Waals surface area (Å²) in [6.07, 6.45) is 0. The Bertz CT molecular complexity index is 542. The third-order valence-corrected chi connectivity index (χ3v) is 3.07. The molecule has 1 aromatic heterocycles. The molecule has 0 fully saturated rings. The highest BCUT2D eigenvalue weighted by Gasteiger charge is 2.09. The van der Waals surface area contributed by atoms with Gasteiger partial charge in [-0.25, -0.2) is 4.39 Å². The van der Waals surface area contributed by atoms with E-state index in [9.17, 15) is 14.5 Å². The van der Waals surface area contributed by atoms with Crippen LogP contribution in [-0.4, -0.2) is 4.92 Å². The van der Waals surface area contributed by atoms with Crippen molar-refractivity contribution in [3.8, 4) is 0 Å². The molecule has 0 unspecified atom stereocenters. The van der Waals surface area contributed by atoms with E-state index in [0.717, 1.165) is 16.9 Å². The first-order valence-corrected chi connectivity index (χ1v) is 5.74. The van der Waals surface area contributed by atoms with E-state index in [2.05, 4.69) is 5.32 Å². The molecule has 0 bridgehead atoms. The minimum Gasteiger partial charge on any atom is -0.381 e. The highest BCUT2D eigenvalue weighted by atomic mass is 32.1. The summed E-state index contributed by atoms with van der Waals surface area (Å²) in [6, 6.07) is 7.59. The smallest absolute Gasteiger partial charge is 0.324 e. The van der Waals surface area contributed by atoms with Crippen molar-refractivity contribution < 1.29 is 9.31 Å². The van der Waals surface area contributed by atoms with E-state index in [-0.39, 0.29) is 10.8 Å². The third kappa shape index (κ3) is 3.01. The second kappa shape index (κ2) is 4.92. The van der Waals surface area contributed by atoms with Crippen molar-refractivity contribution in [1.29, 1.82) is 0 Å². The van der Waals surface area contributed by atoms with Crippen LogP contribution in [0.1, 0.15) is 5.56 Å². The molecule has 0 atom stereocenters. The molecule has 0 spiro atoms. The summed E-state index contributed by atoms with van der Waals surface area (Å²) in [5, 5.41) is 15.3. The molecule has 0 aliphatic carbocycles. The fraction of sp³-hybridized carbons (Fsp3) is 0.0909. The summed E-state index contributed by atoms with van der Waals surface area (Å²) in [5.74, 6) is -0.314. The average molecular weight is 252 g/mol. The van der Waals surface area contributed by atoms with Gasteiger partial charge in [0.2, 0.25) is 0 Å². The Kier molecular flexibility index (Phi) is 3.34. The second-order valence-electron chi connectivity index (χ2n) is 3.41. The van der Waals surface area contributed by atoms with E-state index in [1.165, 1.54) is 18.2 Å². The SMILES string of the molecule is O=[N+]([O-])c1cc(CNc2cccc(F)c2)cs1. The summed E-state index contributed by atoms with van der Waals surface area (Å²) in [6.45, 7) is 0.438. The Hall–Kier alpha value is -1.95. The lowest BCUT2D eigenvalue weighted by molar-refractivity contribution is -0.380. The standard InChI is InChI=1S/C11H9FN2O2S/c12-9-2-1-3-10(5-9)13-6-8-4-11(14(15)16)17-7-8/h1-5,7,13H,6H2. The van der Waals surface area contributed by atoms with E-state index in [1.54, 1.807) is 17.5 Å². The molecule has 0 saturated carbocycles. The lowest BCUT2D eigenvalue weighted by Crippen LogP contribution is -1.98. The summed E-state index contributed by atoms with van der Waals surface area (Å²) in [4.78, 5) is 10.1. The maximum atomic E-state index is 12.9. The van der Waals surface area contributed by atoms with Gasteiger partial charge < -0.3 is 5.32 Å². The summed E-state index contributed by atoms with van der Waals surface area (Å²) >= 11 is 1.08. The van der Waals surface area contributed by atoms with Crippen LogP contribution < -0.4 is 5.32 Å². The molecule has 0 aliphatic heterocycles. The number of benzene rings is 1. The summed E-state index contributed by atoms with van der Waals surface area (Å²) < 4.78 is 12.9. The van der Waals surface area contributed by atoms with Crippen molar-refractivity contribution >= 4 is 22.0 Å². The maximum absolute atomic E-state index is 12.9. The van der Waals surface area contributed by atoms with Crippen LogP contribution in [0.4, 0.5) is 15.1 Å². The van der Waals surface area contributed by atoms with Crippen molar-refractivity contribution in [2.45, 2.75) is 6.54 Å². The van der Waals surface area contributed by atoms with E-state index >= 15 is 0 Å². The molecular formula is C11H9FN2O2S. The number of nitro groups is 1. The van der Waals surface area contributed by atoms with Gasteiger partial charge >= 0.3 is 5.00 Å². The van der Waals surface area contributed by atoms with Crippen molar-refractivity contribution in [2.75, 3.05) is 5.32 Å². The van der Waals surface area contributed by atoms with E-state index in [4.69, 9.17) is 0 Å². The zero-order chi connectivity index (χ0) is 12.3. The van der Waals surface area contributed by atoms with Crippen molar-refractivity contribution in [3.05, 3.63) is 57.2 Å². The van der Waals surface area contributed by atoms with Gasteiger partial charge in [-0.1, -0.05) is 17.4 Å². The predicted molar refractivity (Wildman–Crippen MR) is 64.7 cm³/mol. The van der Waals surface area contributed by atoms with Gasteiger partial charge in [0.1, 0.15) is 5.82 Å². The van der Waals surface area contributed by atoms with E-state index < -0.39 is 4.92 Å². The van der Waals surface area contributed by atoms with E-state index in [1.807, 2.05) is 0 Å². The maximum Gasteiger partial charge on any atom is 0.324 e. The molecule has 1 aromatic carbocycles. The Morgan fingerprint density at radius 1 is 1.41 bits per heavy atom. The molecule has 1 N–H and O–H groups in total. The lowest BCUT2D eigenvalue weighted by Gasteiger charge is -2.03. The normalized spacial score (nSPS) is 10.2. The van der Waals surface area contributed by atoms with Gasteiger partial charge in [-0.15, -0.1) is 0 Å². The highest BCUT2D eigenvalue weighted by molar-refractivity contribution is 7.13. The molecule has 0 radical (unpaired) electrons. The Balaban J connectivity index is 2.00. The van der Waals surface area contributed by atoms with Gasteiger partial charge in [-0.2, -0.15) is 0 Å².